The molecule has 0 fully saturated rings. The van der Waals surface area contributed by atoms with Gasteiger partial charge in [0.25, 0.3) is 0 Å². The van der Waals surface area contributed by atoms with Crippen molar-refractivity contribution in [3.05, 3.63) is 29.3 Å². The lowest BCUT2D eigenvalue weighted by Gasteiger charge is -2.10. The highest BCUT2D eigenvalue weighted by atomic mass is 16.5. The SMILES string of the molecule is COCCNc1cccc(C(=O)O)c1C(=O)O. The van der Waals surface area contributed by atoms with Crippen LogP contribution in [0.5, 0.6) is 0 Å². The lowest BCUT2D eigenvalue weighted by Crippen LogP contribution is -2.15. The van der Waals surface area contributed by atoms with E-state index in [0.717, 1.165) is 0 Å². The molecule has 0 aliphatic heterocycles. The van der Waals surface area contributed by atoms with Gasteiger partial charge in [0.05, 0.1) is 17.7 Å². The molecule has 92 valence electrons. The van der Waals surface area contributed by atoms with Crippen molar-refractivity contribution in [1.82, 2.24) is 0 Å². The zero-order valence-corrected chi connectivity index (χ0v) is 9.27. The first-order valence-electron chi connectivity index (χ1n) is 4.90. The van der Waals surface area contributed by atoms with Crippen LogP contribution >= 0.6 is 0 Å². The summed E-state index contributed by atoms with van der Waals surface area (Å²) in [5.74, 6) is -2.54. The summed E-state index contributed by atoms with van der Waals surface area (Å²) in [6.45, 7) is 0.802. The predicted octanol–water partition coefficient (Wildman–Crippen LogP) is 1.14. The lowest BCUT2D eigenvalue weighted by molar-refractivity contribution is 0.0652. The second-order valence-electron chi connectivity index (χ2n) is 3.26. The quantitative estimate of drug-likeness (QED) is 0.644. The summed E-state index contributed by atoms with van der Waals surface area (Å²) in [5.41, 5.74) is -0.203. The molecule has 6 nitrogen and oxygen atoms in total. The van der Waals surface area contributed by atoms with Gasteiger partial charge in [-0.05, 0) is 12.1 Å². The first kappa shape index (κ1) is 13.0. The number of methoxy groups -OCH3 is 1. The third kappa shape index (κ3) is 3.18. The Kier molecular flexibility index (Phi) is 4.47. The van der Waals surface area contributed by atoms with E-state index < -0.39 is 11.9 Å². The van der Waals surface area contributed by atoms with E-state index in [-0.39, 0.29) is 16.8 Å². The van der Waals surface area contributed by atoms with E-state index >= 15 is 0 Å². The molecular weight excluding hydrogens is 226 g/mol. The summed E-state index contributed by atoms with van der Waals surface area (Å²) >= 11 is 0. The van der Waals surface area contributed by atoms with Gasteiger partial charge >= 0.3 is 11.9 Å². The maximum absolute atomic E-state index is 11.0. The van der Waals surface area contributed by atoms with Crippen LogP contribution in [0.4, 0.5) is 5.69 Å². The monoisotopic (exact) mass is 239 g/mol. The number of anilines is 1. The predicted molar refractivity (Wildman–Crippen MR) is 60.7 cm³/mol. The summed E-state index contributed by atoms with van der Waals surface area (Å²) in [6, 6.07) is 4.27. The van der Waals surface area contributed by atoms with Gasteiger partial charge in [-0.25, -0.2) is 9.59 Å². The van der Waals surface area contributed by atoms with Gasteiger partial charge in [0.15, 0.2) is 0 Å². The van der Waals surface area contributed by atoms with Gasteiger partial charge in [-0.15, -0.1) is 0 Å². The van der Waals surface area contributed by atoms with Crippen LogP contribution in [0.25, 0.3) is 0 Å². The van der Waals surface area contributed by atoms with Crippen LogP contribution in [0.1, 0.15) is 20.7 Å². The molecule has 0 saturated heterocycles. The Balaban J connectivity index is 3.07. The normalized spacial score (nSPS) is 9.94. The summed E-state index contributed by atoms with van der Waals surface area (Å²) in [5, 5.41) is 20.7. The fourth-order valence-electron chi connectivity index (χ4n) is 1.40. The average molecular weight is 239 g/mol. The van der Waals surface area contributed by atoms with Gasteiger partial charge in [0.1, 0.15) is 0 Å². The number of benzene rings is 1. The molecule has 0 bridgehead atoms. The highest BCUT2D eigenvalue weighted by Crippen LogP contribution is 2.20. The molecule has 0 atom stereocenters. The van der Waals surface area contributed by atoms with E-state index in [9.17, 15) is 9.59 Å². The summed E-state index contributed by atoms with van der Waals surface area (Å²) in [4.78, 5) is 21.9. The Labute approximate surface area is 97.8 Å². The lowest BCUT2D eigenvalue weighted by atomic mass is 10.1. The van der Waals surface area contributed by atoms with E-state index in [4.69, 9.17) is 14.9 Å². The first-order chi connectivity index (χ1) is 8.07. The van der Waals surface area contributed by atoms with Gasteiger partial charge in [-0.1, -0.05) is 6.07 Å². The molecule has 6 heteroatoms. The molecule has 0 radical (unpaired) electrons. The molecule has 0 spiro atoms. The molecule has 1 aromatic carbocycles. The van der Waals surface area contributed by atoms with Crippen molar-refractivity contribution in [2.75, 3.05) is 25.6 Å². The van der Waals surface area contributed by atoms with Gasteiger partial charge < -0.3 is 20.3 Å². The number of hydrogen-bond donors (Lipinski definition) is 3. The number of carboxylic acid groups (broad SMARTS) is 2. The zero-order chi connectivity index (χ0) is 12.8. The third-order valence-corrected chi connectivity index (χ3v) is 2.13. The second-order valence-corrected chi connectivity index (χ2v) is 3.26. The van der Waals surface area contributed by atoms with Crippen LogP contribution in [0.15, 0.2) is 18.2 Å². The van der Waals surface area contributed by atoms with Crippen molar-refractivity contribution in [3.8, 4) is 0 Å². The topological polar surface area (TPSA) is 95.9 Å². The van der Waals surface area contributed by atoms with Crippen LogP contribution in [-0.2, 0) is 4.74 Å². The van der Waals surface area contributed by atoms with Crippen molar-refractivity contribution >= 4 is 17.6 Å². The molecule has 0 unspecified atom stereocenters. The average Bonchev–Trinajstić information content (AvgIpc) is 2.28. The van der Waals surface area contributed by atoms with Gasteiger partial charge in [-0.3, -0.25) is 0 Å². The number of aromatic carboxylic acids is 2. The van der Waals surface area contributed by atoms with Crippen LogP contribution in [-0.4, -0.2) is 42.4 Å². The largest absolute Gasteiger partial charge is 0.478 e. The Morgan fingerprint density at radius 2 is 2.00 bits per heavy atom. The van der Waals surface area contributed by atoms with Gasteiger partial charge in [-0.2, -0.15) is 0 Å². The minimum Gasteiger partial charge on any atom is -0.478 e. The number of hydrogen-bond acceptors (Lipinski definition) is 4. The van der Waals surface area contributed by atoms with E-state index in [0.29, 0.717) is 13.2 Å². The van der Waals surface area contributed by atoms with E-state index in [1.54, 1.807) is 0 Å². The number of ether oxygens (including phenoxy) is 1. The summed E-state index contributed by atoms with van der Waals surface area (Å²) in [7, 11) is 1.52. The van der Waals surface area contributed by atoms with Crippen LogP contribution in [0.2, 0.25) is 0 Å². The van der Waals surface area contributed by atoms with Gasteiger partial charge in [0.2, 0.25) is 0 Å². The molecule has 0 aliphatic carbocycles. The highest BCUT2D eigenvalue weighted by Gasteiger charge is 2.19. The van der Waals surface area contributed by atoms with Crippen LogP contribution in [0.3, 0.4) is 0 Å². The smallest absolute Gasteiger partial charge is 0.338 e. The van der Waals surface area contributed by atoms with Crippen molar-refractivity contribution in [3.63, 3.8) is 0 Å². The number of carboxylic acids is 2. The van der Waals surface area contributed by atoms with E-state index in [2.05, 4.69) is 5.32 Å². The zero-order valence-electron chi connectivity index (χ0n) is 9.27. The minimum atomic E-state index is -1.28. The molecular formula is C11H13NO5. The molecule has 3 N–H and O–H groups in total. The first-order valence-corrected chi connectivity index (χ1v) is 4.90. The number of carbonyl (C=O) groups is 2. The van der Waals surface area contributed by atoms with Crippen LogP contribution < -0.4 is 5.32 Å². The minimum absolute atomic E-state index is 0.236. The van der Waals surface area contributed by atoms with Crippen molar-refractivity contribution in [1.29, 1.82) is 0 Å². The molecule has 0 saturated carbocycles. The standard InChI is InChI=1S/C11H13NO5/c1-17-6-5-12-8-4-2-3-7(10(13)14)9(8)11(15)16/h2-4,12H,5-6H2,1H3,(H,13,14)(H,15,16). The molecule has 0 aromatic heterocycles. The fourth-order valence-corrected chi connectivity index (χ4v) is 1.40. The molecule has 0 amide bonds. The number of nitrogens with one attached hydrogen (secondary N) is 1. The molecule has 1 aromatic rings. The molecule has 0 aliphatic rings. The Bertz CT molecular complexity index is 430. The van der Waals surface area contributed by atoms with E-state index in [1.807, 2.05) is 0 Å². The number of rotatable bonds is 6. The molecule has 1 rings (SSSR count). The second kappa shape index (κ2) is 5.86. The van der Waals surface area contributed by atoms with Crippen LogP contribution in [0, 0.1) is 0 Å². The summed E-state index contributed by atoms with van der Waals surface area (Å²) in [6.07, 6.45) is 0. The Morgan fingerprint density at radius 1 is 1.29 bits per heavy atom. The van der Waals surface area contributed by atoms with Crippen molar-refractivity contribution in [2.24, 2.45) is 0 Å². The molecule has 17 heavy (non-hydrogen) atoms. The molecule has 0 heterocycles. The highest BCUT2D eigenvalue weighted by molar-refractivity contribution is 6.05. The summed E-state index contributed by atoms with van der Waals surface area (Å²) < 4.78 is 4.82. The maximum atomic E-state index is 11.0. The van der Waals surface area contributed by atoms with Gasteiger partial charge in [0, 0.05) is 19.3 Å². The maximum Gasteiger partial charge on any atom is 0.338 e. The third-order valence-electron chi connectivity index (χ3n) is 2.13. The Morgan fingerprint density at radius 3 is 2.53 bits per heavy atom. The van der Waals surface area contributed by atoms with Crippen molar-refractivity contribution in [2.45, 2.75) is 0 Å². The Hall–Kier alpha value is -2.08. The van der Waals surface area contributed by atoms with Crippen molar-refractivity contribution < 1.29 is 24.5 Å². The fraction of sp³-hybridized carbons (Fsp3) is 0.273. The van der Waals surface area contributed by atoms with E-state index in [1.165, 1.54) is 25.3 Å².